The van der Waals surface area contributed by atoms with Crippen molar-refractivity contribution in [3.63, 3.8) is 0 Å². The molecular weight excluding hydrogens is 442 g/mol. The zero-order valence-electron chi connectivity index (χ0n) is 20.0. The number of carbonyl (C=O) groups is 1. The second-order valence-corrected chi connectivity index (χ2v) is 12.1. The molecule has 1 unspecified atom stereocenters. The van der Waals surface area contributed by atoms with E-state index in [0.29, 0.717) is 31.4 Å². The first-order valence-corrected chi connectivity index (χ1v) is 13.1. The lowest BCUT2D eigenvalue weighted by molar-refractivity contribution is -0.209. The summed E-state index contributed by atoms with van der Waals surface area (Å²) in [5, 5.41) is 23.7. The highest BCUT2D eigenvalue weighted by atomic mass is 16.5. The Balaban J connectivity index is 1.30. The summed E-state index contributed by atoms with van der Waals surface area (Å²) in [7, 11) is 1.66. The Hall–Kier alpha value is -2.57. The molecule has 2 heterocycles. The first-order chi connectivity index (χ1) is 16.9. The second-order valence-electron chi connectivity index (χ2n) is 12.1. The van der Waals surface area contributed by atoms with E-state index in [0.717, 1.165) is 53.4 Å². The highest BCUT2D eigenvalue weighted by Crippen LogP contribution is 2.68. The van der Waals surface area contributed by atoms with Gasteiger partial charge in [-0.05, 0) is 92.3 Å². The van der Waals surface area contributed by atoms with Crippen molar-refractivity contribution in [2.75, 3.05) is 20.2 Å². The lowest BCUT2D eigenvalue weighted by atomic mass is 9.44. The summed E-state index contributed by atoms with van der Waals surface area (Å²) in [6, 6.07) is 9.71. The topological polar surface area (TPSA) is 79.2 Å². The molecule has 2 saturated carbocycles. The predicted octanol–water partition coefficient (Wildman–Crippen LogP) is 2.93. The molecule has 1 saturated heterocycles. The molecule has 6 aliphatic rings. The molecule has 2 spiro atoms. The molecule has 182 valence electrons. The van der Waals surface area contributed by atoms with Gasteiger partial charge in [-0.25, -0.2) is 0 Å². The molecule has 5 atom stereocenters. The Morgan fingerprint density at radius 3 is 2.74 bits per heavy atom. The average molecular weight is 474 g/mol. The van der Waals surface area contributed by atoms with Gasteiger partial charge in [0.05, 0.1) is 18.1 Å². The van der Waals surface area contributed by atoms with E-state index in [1.807, 2.05) is 18.2 Å². The number of benzene rings is 2. The third-order valence-electron chi connectivity index (χ3n) is 10.4. The quantitative estimate of drug-likeness (QED) is 0.714. The maximum absolute atomic E-state index is 14.5. The molecule has 2 aromatic rings. The number of aromatic hydroxyl groups is 1. The van der Waals surface area contributed by atoms with Crippen LogP contribution in [0.5, 0.6) is 17.2 Å². The first-order valence-electron chi connectivity index (χ1n) is 13.1. The number of phenolic OH excluding ortho intramolecular Hbond substituents is 1. The minimum absolute atomic E-state index is 0.0471. The van der Waals surface area contributed by atoms with Crippen molar-refractivity contribution in [3.8, 4) is 17.2 Å². The zero-order chi connectivity index (χ0) is 23.7. The van der Waals surface area contributed by atoms with Gasteiger partial charge in [0.1, 0.15) is 5.75 Å². The van der Waals surface area contributed by atoms with Crippen LogP contribution in [0.1, 0.15) is 47.9 Å². The van der Waals surface area contributed by atoms with Crippen LogP contribution in [0.15, 0.2) is 30.3 Å². The summed E-state index contributed by atoms with van der Waals surface area (Å²) >= 11 is 0. The number of rotatable bonds is 3. The number of carbonyl (C=O) groups excluding carboxylic acids is 1. The van der Waals surface area contributed by atoms with Crippen molar-refractivity contribution in [2.24, 2.45) is 11.3 Å². The van der Waals surface area contributed by atoms with Crippen LogP contribution in [0.4, 0.5) is 0 Å². The number of nitrogens with zero attached hydrogens (tertiary/aromatic N) is 1. The normalized spacial score (nSPS) is 38.3. The van der Waals surface area contributed by atoms with Crippen molar-refractivity contribution in [3.05, 3.63) is 52.6 Å². The Kier molecular flexibility index (Phi) is 3.77. The van der Waals surface area contributed by atoms with Crippen molar-refractivity contribution in [1.82, 2.24) is 4.90 Å². The standard InChI is InChI=1S/C29H31NO5/c1-34-20-6-4-18-12-27(13-19(18)10-20)15-29(33)22-11-17-5-7-21(31)24-23(17)28(29,26(35-24)25(27)32)8-9-30(22)14-16-2-3-16/h4-7,10,16,22,26,31,33H,2-3,8-9,11-15H2,1H3/t22-,26+,27?,28+,29-/m1/s1. The molecule has 0 amide bonds. The molecule has 6 nitrogen and oxygen atoms in total. The highest BCUT2D eigenvalue weighted by molar-refractivity contribution is 5.96. The number of hydrogen-bond donors (Lipinski definition) is 2. The molecule has 8 rings (SSSR count). The Morgan fingerprint density at radius 1 is 1.14 bits per heavy atom. The fourth-order valence-electron chi connectivity index (χ4n) is 8.68. The van der Waals surface area contributed by atoms with Gasteiger partial charge in [-0.3, -0.25) is 9.69 Å². The van der Waals surface area contributed by atoms with Gasteiger partial charge in [0.2, 0.25) is 0 Å². The highest BCUT2D eigenvalue weighted by Gasteiger charge is 2.77. The summed E-state index contributed by atoms with van der Waals surface area (Å²) in [6.07, 6.45) is 4.85. The third kappa shape index (κ3) is 2.36. The van der Waals surface area contributed by atoms with E-state index in [1.54, 1.807) is 13.2 Å². The summed E-state index contributed by atoms with van der Waals surface area (Å²) in [5.41, 5.74) is 1.76. The van der Waals surface area contributed by atoms with Crippen molar-refractivity contribution in [2.45, 2.75) is 68.1 Å². The number of Topliss-reactive ketones (excluding diaryl/α,β-unsaturated/α-hetero) is 1. The zero-order valence-corrected chi connectivity index (χ0v) is 20.0. The number of ether oxygens (including phenoxy) is 2. The fourth-order valence-corrected chi connectivity index (χ4v) is 8.68. The third-order valence-corrected chi connectivity index (χ3v) is 10.4. The molecule has 0 radical (unpaired) electrons. The largest absolute Gasteiger partial charge is 0.504 e. The number of methoxy groups -OCH3 is 1. The number of fused-ring (bicyclic) bond motifs is 1. The van der Waals surface area contributed by atoms with Crippen LogP contribution in [0.3, 0.4) is 0 Å². The van der Waals surface area contributed by atoms with Crippen molar-refractivity contribution >= 4 is 5.78 Å². The predicted molar refractivity (Wildman–Crippen MR) is 128 cm³/mol. The number of piperidine rings is 1. The Bertz CT molecular complexity index is 1300. The van der Waals surface area contributed by atoms with Gasteiger partial charge in [-0.2, -0.15) is 0 Å². The van der Waals surface area contributed by atoms with Gasteiger partial charge in [0.25, 0.3) is 0 Å². The molecule has 0 aromatic heterocycles. The van der Waals surface area contributed by atoms with E-state index >= 15 is 0 Å². The Morgan fingerprint density at radius 2 is 1.94 bits per heavy atom. The summed E-state index contributed by atoms with van der Waals surface area (Å²) in [4.78, 5) is 17.0. The SMILES string of the molecule is COc1ccc2c(c1)CC1(C2)C[C@@]2(O)[C@H]3Cc4ccc(O)c5c4[C@@]2(CCN3CC2CC2)[C@@H](O5)C1=O. The number of hydrogen-bond acceptors (Lipinski definition) is 6. The van der Waals surface area contributed by atoms with Crippen LogP contribution in [-0.4, -0.2) is 58.8 Å². The van der Waals surface area contributed by atoms with Gasteiger partial charge < -0.3 is 19.7 Å². The Labute approximate surface area is 204 Å². The molecule has 2 aromatic carbocycles. The monoisotopic (exact) mass is 473 g/mol. The number of likely N-dealkylation sites (tertiary alicyclic amines) is 1. The number of aliphatic hydroxyl groups is 1. The summed E-state index contributed by atoms with van der Waals surface area (Å²) in [5.74, 6) is 2.12. The number of ketones is 1. The maximum Gasteiger partial charge on any atom is 0.181 e. The van der Waals surface area contributed by atoms with Gasteiger partial charge in [0, 0.05) is 23.6 Å². The van der Waals surface area contributed by atoms with Crippen LogP contribution >= 0.6 is 0 Å². The minimum atomic E-state index is -1.09. The molecule has 35 heavy (non-hydrogen) atoms. The molecular formula is C29H31NO5. The summed E-state index contributed by atoms with van der Waals surface area (Å²) < 4.78 is 11.9. The van der Waals surface area contributed by atoms with Crippen molar-refractivity contribution in [1.29, 1.82) is 0 Å². The summed E-state index contributed by atoms with van der Waals surface area (Å²) in [6.45, 7) is 1.88. The van der Waals surface area contributed by atoms with Crippen LogP contribution in [0.25, 0.3) is 0 Å². The molecule has 3 fully saturated rings. The van der Waals surface area contributed by atoms with Gasteiger partial charge in [0.15, 0.2) is 23.4 Å². The van der Waals surface area contributed by atoms with Gasteiger partial charge >= 0.3 is 0 Å². The maximum atomic E-state index is 14.5. The van der Waals surface area contributed by atoms with Crippen LogP contribution < -0.4 is 9.47 Å². The smallest absolute Gasteiger partial charge is 0.181 e. The fraction of sp³-hybridized carbons (Fsp3) is 0.552. The molecule has 2 bridgehead atoms. The molecule has 6 heteroatoms. The molecule has 4 aliphatic carbocycles. The van der Waals surface area contributed by atoms with E-state index in [4.69, 9.17) is 9.47 Å². The first kappa shape index (κ1) is 20.6. The van der Waals surface area contributed by atoms with E-state index in [2.05, 4.69) is 11.0 Å². The van der Waals surface area contributed by atoms with E-state index in [9.17, 15) is 15.0 Å². The van der Waals surface area contributed by atoms with Gasteiger partial charge in [-0.15, -0.1) is 0 Å². The van der Waals surface area contributed by atoms with Gasteiger partial charge in [-0.1, -0.05) is 12.1 Å². The van der Waals surface area contributed by atoms with Crippen LogP contribution in [0.2, 0.25) is 0 Å². The van der Waals surface area contributed by atoms with Crippen molar-refractivity contribution < 1.29 is 24.5 Å². The number of phenols is 1. The average Bonchev–Trinajstić information content (AvgIpc) is 3.47. The van der Waals surface area contributed by atoms with Crippen LogP contribution in [0, 0.1) is 11.3 Å². The van der Waals surface area contributed by atoms with Crippen LogP contribution in [-0.2, 0) is 29.5 Å². The second kappa shape index (κ2) is 6.40. The van der Waals surface area contributed by atoms with E-state index < -0.39 is 22.5 Å². The lowest BCUT2D eigenvalue weighted by Gasteiger charge is -2.65. The van der Waals surface area contributed by atoms with E-state index in [1.165, 1.54) is 12.8 Å². The lowest BCUT2D eigenvalue weighted by Crippen LogP contribution is -2.79. The van der Waals surface area contributed by atoms with E-state index in [-0.39, 0.29) is 17.6 Å². The molecule has 2 N–H and O–H groups in total. The minimum Gasteiger partial charge on any atom is -0.504 e. The molecule has 2 aliphatic heterocycles.